The molecule has 0 bridgehead atoms. The summed E-state index contributed by atoms with van der Waals surface area (Å²) in [7, 11) is 0. The number of fused-ring (bicyclic) bond motifs is 4. The number of alkyl halides is 1. The van der Waals surface area contributed by atoms with Gasteiger partial charge in [-0.2, -0.15) is 9.97 Å². The Morgan fingerprint density at radius 1 is 1.16 bits per heavy atom. The Balaban J connectivity index is 1.25. The van der Waals surface area contributed by atoms with Crippen LogP contribution >= 0.6 is 0 Å². The molecular formula is C33H32F3N5O4. The fourth-order valence-electron chi connectivity index (χ4n) is 8.26. The summed E-state index contributed by atoms with van der Waals surface area (Å²) in [6, 6.07) is 5.68. The highest BCUT2D eigenvalue weighted by Gasteiger charge is 2.60. The van der Waals surface area contributed by atoms with E-state index in [4.69, 9.17) is 4.74 Å². The zero-order valence-corrected chi connectivity index (χ0v) is 24.6. The Hall–Kier alpha value is -4.19. The number of ether oxygens (including phenoxy) is 1. The van der Waals surface area contributed by atoms with Gasteiger partial charge in [0.05, 0.1) is 16.8 Å². The van der Waals surface area contributed by atoms with Crippen molar-refractivity contribution in [3.8, 4) is 23.0 Å². The lowest BCUT2D eigenvalue weighted by Gasteiger charge is -2.31. The molecule has 5 heterocycles. The third kappa shape index (κ3) is 4.39. The number of aromatic hydroxyl groups is 1. The van der Waals surface area contributed by atoms with Crippen molar-refractivity contribution in [2.45, 2.75) is 44.3 Å². The number of aromatic nitrogens is 3. The molecule has 3 aliphatic heterocycles. The summed E-state index contributed by atoms with van der Waals surface area (Å²) in [5, 5.41) is 21.4. The molecule has 0 amide bonds. The van der Waals surface area contributed by atoms with Crippen LogP contribution in [-0.2, 0) is 11.2 Å². The van der Waals surface area contributed by atoms with E-state index in [1.54, 1.807) is 6.92 Å². The Bertz CT molecular complexity index is 1880. The van der Waals surface area contributed by atoms with E-state index in [1.165, 1.54) is 30.5 Å². The summed E-state index contributed by atoms with van der Waals surface area (Å²) in [6.07, 6.45) is 2.93. The minimum absolute atomic E-state index is 0.0269. The predicted molar refractivity (Wildman–Crippen MR) is 160 cm³/mol. The SMILES string of the molecule is CCc1c(F)ccc2cc(O)cc(-c3ncc4c(N5C[C@@H]6C(C(=O)O)[C@@H]6C5)nc(OC[C@@]56CCCN5C[C@H](F)C6)nc4c3F)c12. The lowest BCUT2D eigenvalue weighted by atomic mass is 9.94. The highest BCUT2D eigenvalue weighted by Crippen LogP contribution is 2.53. The maximum absolute atomic E-state index is 16.7. The molecule has 3 saturated heterocycles. The molecule has 0 radical (unpaired) electrons. The van der Waals surface area contributed by atoms with Crippen molar-refractivity contribution in [3.05, 3.63) is 47.7 Å². The van der Waals surface area contributed by atoms with Crippen molar-refractivity contribution < 1.29 is 32.9 Å². The molecule has 4 aliphatic rings. The molecule has 9 nitrogen and oxygen atoms in total. The Morgan fingerprint density at radius 2 is 1.96 bits per heavy atom. The number of pyridine rings is 1. The van der Waals surface area contributed by atoms with Crippen molar-refractivity contribution in [1.29, 1.82) is 0 Å². The van der Waals surface area contributed by atoms with E-state index in [2.05, 4.69) is 19.9 Å². The van der Waals surface area contributed by atoms with Crippen molar-refractivity contribution in [2.24, 2.45) is 17.8 Å². The quantitative estimate of drug-likeness (QED) is 0.291. The van der Waals surface area contributed by atoms with Gasteiger partial charge < -0.3 is 19.8 Å². The van der Waals surface area contributed by atoms with Gasteiger partial charge in [0.25, 0.3) is 0 Å². The van der Waals surface area contributed by atoms with E-state index in [0.29, 0.717) is 60.0 Å². The third-order valence-electron chi connectivity index (χ3n) is 10.4. The predicted octanol–water partition coefficient (Wildman–Crippen LogP) is 5.11. The zero-order chi connectivity index (χ0) is 31.2. The van der Waals surface area contributed by atoms with Crippen LogP contribution < -0.4 is 9.64 Å². The number of phenols is 1. The van der Waals surface area contributed by atoms with Crippen LogP contribution in [-0.4, -0.2) is 80.5 Å². The Kier molecular flexibility index (Phi) is 6.39. The lowest BCUT2D eigenvalue weighted by molar-refractivity contribution is -0.139. The molecular weight excluding hydrogens is 587 g/mol. The van der Waals surface area contributed by atoms with Crippen LogP contribution in [0.25, 0.3) is 32.9 Å². The summed E-state index contributed by atoms with van der Waals surface area (Å²) >= 11 is 0. The van der Waals surface area contributed by atoms with E-state index in [1.807, 2.05) is 4.90 Å². The molecule has 1 aliphatic carbocycles. The van der Waals surface area contributed by atoms with Gasteiger partial charge in [0, 0.05) is 37.8 Å². The van der Waals surface area contributed by atoms with E-state index >= 15 is 4.39 Å². The topological polar surface area (TPSA) is 112 Å². The summed E-state index contributed by atoms with van der Waals surface area (Å²) in [5.74, 6) is -2.22. The maximum Gasteiger partial charge on any atom is 0.319 e. The molecule has 2 N–H and O–H groups in total. The number of benzene rings is 2. The number of hydrogen-bond donors (Lipinski definition) is 2. The number of aryl methyl sites for hydroxylation is 1. The normalized spacial score (nSPS) is 27.3. The number of phenolic OH excluding ortho intramolecular Hbond substituents is 1. The van der Waals surface area contributed by atoms with Crippen molar-refractivity contribution in [3.63, 3.8) is 0 Å². The average molecular weight is 620 g/mol. The first kappa shape index (κ1) is 28.3. The van der Waals surface area contributed by atoms with Gasteiger partial charge >= 0.3 is 12.0 Å². The summed E-state index contributed by atoms with van der Waals surface area (Å²) < 4.78 is 52.2. The van der Waals surface area contributed by atoms with Crippen molar-refractivity contribution in [2.75, 3.05) is 37.7 Å². The van der Waals surface area contributed by atoms with Gasteiger partial charge in [-0.1, -0.05) is 13.0 Å². The van der Waals surface area contributed by atoms with E-state index < -0.39 is 35.2 Å². The number of hydrogen-bond acceptors (Lipinski definition) is 8. The van der Waals surface area contributed by atoms with Crippen molar-refractivity contribution >= 4 is 33.5 Å². The number of rotatable bonds is 7. The van der Waals surface area contributed by atoms with Gasteiger partial charge in [-0.25, -0.2) is 13.2 Å². The second-order valence-corrected chi connectivity index (χ2v) is 12.9. The second-order valence-electron chi connectivity index (χ2n) is 12.9. The van der Waals surface area contributed by atoms with Crippen LogP contribution in [0, 0.1) is 29.4 Å². The Morgan fingerprint density at radius 3 is 2.71 bits per heavy atom. The lowest BCUT2D eigenvalue weighted by Crippen LogP contribution is -2.43. The number of carboxylic acids is 1. The first-order chi connectivity index (χ1) is 21.7. The van der Waals surface area contributed by atoms with Gasteiger partial charge in [0.2, 0.25) is 0 Å². The number of aliphatic carboxylic acids is 1. The number of carboxylic acid groups (broad SMARTS) is 1. The largest absolute Gasteiger partial charge is 0.508 e. The average Bonchev–Trinajstić information content (AvgIpc) is 3.25. The van der Waals surface area contributed by atoms with E-state index in [-0.39, 0.29) is 47.0 Å². The fourth-order valence-corrected chi connectivity index (χ4v) is 8.26. The summed E-state index contributed by atoms with van der Waals surface area (Å²) in [5.41, 5.74) is -0.0209. The molecule has 0 spiro atoms. The van der Waals surface area contributed by atoms with Crippen LogP contribution in [0.5, 0.6) is 11.8 Å². The molecule has 45 heavy (non-hydrogen) atoms. The molecule has 4 aromatic rings. The van der Waals surface area contributed by atoms with Crippen LogP contribution in [0.2, 0.25) is 0 Å². The third-order valence-corrected chi connectivity index (χ3v) is 10.4. The summed E-state index contributed by atoms with van der Waals surface area (Å²) in [4.78, 5) is 29.3. The minimum atomic E-state index is -0.943. The first-order valence-electron chi connectivity index (χ1n) is 15.5. The van der Waals surface area contributed by atoms with Gasteiger partial charge in [-0.3, -0.25) is 14.7 Å². The molecule has 8 rings (SSSR count). The molecule has 2 aromatic carbocycles. The van der Waals surface area contributed by atoms with Crippen LogP contribution in [0.1, 0.15) is 31.7 Å². The van der Waals surface area contributed by atoms with Crippen LogP contribution in [0.15, 0.2) is 30.5 Å². The van der Waals surface area contributed by atoms with Gasteiger partial charge in [0.15, 0.2) is 5.82 Å². The Labute approximate surface area is 256 Å². The number of carbonyl (C=O) groups is 1. The summed E-state index contributed by atoms with van der Waals surface area (Å²) in [6.45, 7) is 3.98. The molecule has 12 heteroatoms. The molecule has 2 aromatic heterocycles. The fraction of sp³-hybridized carbons (Fsp3) is 0.455. The van der Waals surface area contributed by atoms with Gasteiger partial charge in [-0.15, -0.1) is 0 Å². The highest BCUT2D eigenvalue weighted by atomic mass is 19.1. The molecule has 5 atom stereocenters. The maximum atomic E-state index is 16.7. The second kappa shape index (κ2) is 10.2. The molecule has 1 saturated carbocycles. The van der Waals surface area contributed by atoms with Crippen LogP contribution in [0.3, 0.4) is 0 Å². The van der Waals surface area contributed by atoms with E-state index in [9.17, 15) is 23.8 Å². The smallest absolute Gasteiger partial charge is 0.319 e. The molecule has 234 valence electrons. The highest BCUT2D eigenvalue weighted by molar-refractivity contribution is 6.01. The zero-order valence-electron chi connectivity index (χ0n) is 24.6. The van der Waals surface area contributed by atoms with Gasteiger partial charge in [-0.05, 0) is 72.2 Å². The monoisotopic (exact) mass is 619 g/mol. The van der Waals surface area contributed by atoms with Crippen LogP contribution in [0.4, 0.5) is 19.0 Å². The standard InChI is InChI=1S/C33H32F3N5O4/c1-2-19-24(35)5-4-16-8-18(42)9-20(25(16)19)28-27(36)29-21(11-37-28)30(40-13-22-23(14-40)26(22)31(43)44)39-32(38-29)45-15-33-6-3-7-41(33)12-17(34)10-33/h4-5,8-9,11,17,22-23,26,42H,2-3,6-7,10,12-15H2,1H3,(H,43,44)/t17-,22-,23+,26?,33+/m1/s1. The number of halogens is 3. The minimum Gasteiger partial charge on any atom is -0.508 e. The molecule has 4 fully saturated rings. The molecule has 1 unspecified atom stereocenters. The number of nitrogens with zero attached hydrogens (tertiary/aromatic N) is 5. The number of anilines is 1. The van der Waals surface area contributed by atoms with Gasteiger partial charge in [0.1, 0.15) is 41.4 Å². The van der Waals surface area contributed by atoms with E-state index in [0.717, 1.165) is 19.4 Å². The first-order valence-corrected chi connectivity index (χ1v) is 15.5. The number of piperidine rings is 1. The van der Waals surface area contributed by atoms with Crippen molar-refractivity contribution in [1.82, 2.24) is 19.9 Å².